The normalized spacial score (nSPS) is 10.3. The first-order valence-corrected chi connectivity index (χ1v) is 4.65. The maximum absolute atomic E-state index is 11.0. The van der Waals surface area contributed by atoms with Crippen LogP contribution < -0.4 is 5.73 Å². The van der Waals surface area contributed by atoms with Crippen LogP contribution in [0.15, 0.2) is 24.7 Å². The fourth-order valence-corrected chi connectivity index (χ4v) is 1.37. The lowest BCUT2D eigenvalue weighted by molar-refractivity contribution is 0.0696. The third-order valence-electron chi connectivity index (χ3n) is 1.89. The van der Waals surface area contributed by atoms with Crippen molar-refractivity contribution in [3.63, 3.8) is 0 Å². The Labute approximate surface area is 95.3 Å². The summed E-state index contributed by atoms with van der Waals surface area (Å²) in [6.45, 7) is 0. The highest BCUT2D eigenvalue weighted by Crippen LogP contribution is 2.16. The quantitative estimate of drug-likeness (QED) is 0.820. The van der Waals surface area contributed by atoms with Gasteiger partial charge < -0.3 is 10.8 Å². The van der Waals surface area contributed by atoms with E-state index in [1.807, 2.05) is 0 Å². The molecule has 2 rings (SSSR count). The van der Waals surface area contributed by atoms with Crippen LogP contribution in [-0.4, -0.2) is 25.8 Å². The molecule has 0 aliphatic rings. The fourth-order valence-electron chi connectivity index (χ4n) is 1.23. The summed E-state index contributed by atoms with van der Waals surface area (Å²) in [7, 11) is 0. The van der Waals surface area contributed by atoms with Gasteiger partial charge in [0.2, 0.25) is 0 Å². The van der Waals surface area contributed by atoms with Crippen LogP contribution in [0.4, 0.5) is 5.69 Å². The van der Waals surface area contributed by atoms with Crippen LogP contribution in [-0.2, 0) is 0 Å². The molecule has 0 amide bonds. The zero-order valence-electron chi connectivity index (χ0n) is 7.96. The highest BCUT2D eigenvalue weighted by atomic mass is 35.5. The van der Waals surface area contributed by atoms with Gasteiger partial charge >= 0.3 is 5.97 Å². The van der Waals surface area contributed by atoms with Crippen molar-refractivity contribution in [1.29, 1.82) is 0 Å². The van der Waals surface area contributed by atoms with Gasteiger partial charge in [0.05, 0.1) is 29.3 Å². The van der Waals surface area contributed by atoms with Crippen molar-refractivity contribution >= 4 is 23.3 Å². The number of pyridine rings is 1. The van der Waals surface area contributed by atoms with Crippen LogP contribution in [0.2, 0.25) is 5.02 Å². The van der Waals surface area contributed by atoms with Crippen molar-refractivity contribution in [2.24, 2.45) is 0 Å². The highest BCUT2D eigenvalue weighted by Gasteiger charge is 2.14. The SMILES string of the molecule is Nc1cnc(-n2cc(Cl)cn2)c(C(=O)O)c1. The Bertz CT molecular complexity index is 552. The van der Waals surface area contributed by atoms with Gasteiger partial charge in [0.25, 0.3) is 0 Å². The van der Waals surface area contributed by atoms with Crippen LogP contribution in [0.1, 0.15) is 10.4 Å². The minimum Gasteiger partial charge on any atom is -0.478 e. The van der Waals surface area contributed by atoms with Crippen LogP contribution >= 0.6 is 11.6 Å². The molecule has 0 unspecified atom stereocenters. The van der Waals surface area contributed by atoms with Gasteiger partial charge in [-0.1, -0.05) is 11.6 Å². The number of anilines is 1. The highest BCUT2D eigenvalue weighted by molar-refractivity contribution is 6.30. The second-order valence-electron chi connectivity index (χ2n) is 3.05. The van der Waals surface area contributed by atoms with Crippen molar-refractivity contribution < 1.29 is 9.90 Å². The molecular weight excluding hydrogens is 232 g/mol. The first-order valence-electron chi connectivity index (χ1n) is 4.27. The van der Waals surface area contributed by atoms with E-state index in [1.165, 1.54) is 29.3 Å². The summed E-state index contributed by atoms with van der Waals surface area (Å²) in [4.78, 5) is 14.9. The number of hydrogen-bond donors (Lipinski definition) is 2. The molecule has 7 heteroatoms. The molecular formula is C9H7ClN4O2. The van der Waals surface area contributed by atoms with Crippen LogP contribution in [0, 0.1) is 0 Å². The van der Waals surface area contributed by atoms with E-state index in [0.717, 1.165) is 0 Å². The lowest BCUT2D eigenvalue weighted by atomic mass is 10.2. The van der Waals surface area contributed by atoms with Crippen molar-refractivity contribution in [2.75, 3.05) is 5.73 Å². The summed E-state index contributed by atoms with van der Waals surface area (Å²) < 4.78 is 1.28. The van der Waals surface area contributed by atoms with E-state index in [0.29, 0.717) is 5.02 Å². The zero-order valence-corrected chi connectivity index (χ0v) is 8.72. The Balaban J connectivity index is 2.60. The lowest BCUT2D eigenvalue weighted by Crippen LogP contribution is -2.09. The Kier molecular flexibility index (Phi) is 2.49. The van der Waals surface area contributed by atoms with Crippen molar-refractivity contribution in [2.45, 2.75) is 0 Å². The molecule has 0 aliphatic heterocycles. The minimum atomic E-state index is -1.12. The molecule has 2 aromatic heterocycles. The van der Waals surface area contributed by atoms with E-state index in [9.17, 15) is 4.79 Å². The number of halogens is 1. The Morgan fingerprint density at radius 3 is 2.81 bits per heavy atom. The standard InChI is InChI=1S/C9H7ClN4O2/c10-5-2-13-14(4-5)8-7(9(15)16)1-6(11)3-12-8/h1-4H,11H2,(H,15,16). The number of carboxylic acid groups (broad SMARTS) is 1. The van der Waals surface area contributed by atoms with Gasteiger partial charge in [-0.05, 0) is 6.07 Å². The molecule has 0 radical (unpaired) electrons. The summed E-state index contributed by atoms with van der Waals surface area (Å²) in [5.41, 5.74) is 5.72. The third-order valence-corrected chi connectivity index (χ3v) is 2.08. The fraction of sp³-hybridized carbons (Fsp3) is 0. The number of carbonyl (C=O) groups is 1. The number of aromatic nitrogens is 3. The van der Waals surface area contributed by atoms with Crippen LogP contribution in [0.5, 0.6) is 0 Å². The summed E-state index contributed by atoms with van der Waals surface area (Å²) in [5.74, 6) is -0.949. The molecule has 16 heavy (non-hydrogen) atoms. The Morgan fingerprint density at radius 1 is 1.50 bits per heavy atom. The average Bonchev–Trinajstić information content (AvgIpc) is 2.64. The van der Waals surface area contributed by atoms with Gasteiger partial charge in [-0.25, -0.2) is 14.5 Å². The van der Waals surface area contributed by atoms with E-state index in [4.69, 9.17) is 22.4 Å². The lowest BCUT2D eigenvalue weighted by Gasteiger charge is -2.05. The predicted octanol–water partition coefficient (Wildman–Crippen LogP) is 1.20. The maximum Gasteiger partial charge on any atom is 0.339 e. The number of rotatable bonds is 2. The summed E-state index contributed by atoms with van der Waals surface area (Å²) in [6.07, 6.45) is 4.22. The van der Waals surface area contributed by atoms with Gasteiger partial charge in [-0.15, -0.1) is 0 Å². The number of nitrogens with two attached hydrogens (primary N) is 1. The van der Waals surface area contributed by atoms with E-state index >= 15 is 0 Å². The Morgan fingerprint density at radius 2 is 2.25 bits per heavy atom. The van der Waals surface area contributed by atoms with Crippen molar-refractivity contribution in [3.05, 3.63) is 35.2 Å². The first kappa shape index (κ1) is 10.4. The summed E-state index contributed by atoms with van der Waals surface area (Å²) >= 11 is 5.69. The van der Waals surface area contributed by atoms with Gasteiger partial charge in [-0.2, -0.15) is 5.10 Å². The van der Waals surface area contributed by atoms with Gasteiger partial charge in [0, 0.05) is 0 Å². The maximum atomic E-state index is 11.0. The molecule has 0 spiro atoms. The summed E-state index contributed by atoms with van der Waals surface area (Å²) in [5, 5.41) is 13.3. The first-order chi connectivity index (χ1) is 7.58. The molecule has 0 aliphatic carbocycles. The van der Waals surface area contributed by atoms with E-state index < -0.39 is 5.97 Å². The topological polar surface area (TPSA) is 94.0 Å². The number of carboxylic acids is 1. The summed E-state index contributed by atoms with van der Waals surface area (Å²) in [6, 6.07) is 1.32. The third kappa shape index (κ3) is 1.82. The Hall–Kier alpha value is -2.08. The van der Waals surface area contributed by atoms with Crippen molar-refractivity contribution in [3.8, 4) is 5.82 Å². The molecule has 0 atom stereocenters. The van der Waals surface area contributed by atoms with Gasteiger partial charge in [0.1, 0.15) is 5.56 Å². The molecule has 0 bridgehead atoms. The molecule has 2 aromatic rings. The van der Waals surface area contributed by atoms with E-state index in [1.54, 1.807) is 0 Å². The minimum absolute atomic E-state index is 0.0280. The molecule has 0 saturated heterocycles. The number of nitrogen functional groups attached to an aromatic ring is 1. The zero-order chi connectivity index (χ0) is 11.7. The predicted molar refractivity (Wildman–Crippen MR) is 57.7 cm³/mol. The van der Waals surface area contributed by atoms with Crippen LogP contribution in [0.3, 0.4) is 0 Å². The monoisotopic (exact) mass is 238 g/mol. The van der Waals surface area contributed by atoms with Gasteiger partial charge in [0.15, 0.2) is 5.82 Å². The largest absolute Gasteiger partial charge is 0.478 e. The number of nitrogens with zero attached hydrogens (tertiary/aromatic N) is 3. The molecule has 2 heterocycles. The van der Waals surface area contributed by atoms with Crippen LogP contribution in [0.25, 0.3) is 5.82 Å². The van der Waals surface area contributed by atoms with E-state index in [2.05, 4.69) is 10.1 Å². The second kappa shape index (κ2) is 3.82. The smallest absolute Gasteiger partial charge is 0.339 e. The average molecular weight is 239 g/mol. The number of hydrogen-bond acceptors (Lipinski definition) is 4. The molecule has 0 saturated carbocycles. The van der Waals surface area contributed by atoms with Crippen molar-refractivity contribution in [1.82, 2.24) is 14.8 Å². The molecule has 82 valence electrons. The molecule has 3 N–H and O–H groups in total. The molecule has 0 aromatic carbocycles. The van der Waals surface area contributed by atoms with Gasteiger partial charge in [-0.3, -0.25) is 0 Å². The van der Waals surface area contributed by atoms with E-state index in [-0.39, 0.29) is 17.1 Å². The second-order valence-corrected chi connectivity index (χ2v) is 3.48. The number of aromatic carboxylic acids is 1. The molecule has 0 fully saturated rings. The molecule has 6 nitrogen and oxygen atoms in total.